The Labute approximate surface area is 208 Å². The molecule has 36 heavy (non-hydrogen) atoms. The van der Waals surface area contributed by atoms with Gasteiger partial charge in [0.15, 0.2) is 5.78 Å². The lowest BCUT2D eigenvalue weighted by Crippen LogP contribution is -2.23. The van der Waals surface area contributed by atoms with E-state index in [1.807, 2.05) is 0 Å². The van der Waals surface area contributed by atoms with Gasteiger partial charge >= 0.3 is 0 Å². The van der Waals surface area contributed by atoms with Gasteiger partial charge in [-0.25, -0.2) is 0 Å². The van der Waals surface area contributed by atoms with Crippen molar-refractivity contribution >= 4 is 5.78 Å². The summed E-state index contributed by atoms with van der Waals surface area (Å²) >= 11 is 0. The molecule has 4 rings (SSSR count). The van der Waals surface area contributed by atoms with Gasteiger partial charge in [-0.3, -0.25) is 4.79 Å². The summed E-state index contributed by atoms with van der Waals surface area (Å²) in [7, 11) is 3.08. The quantitative estimate of drug-likeness (QED) is 0.275. The Bertz CT molecular complexity index is 1260. The molecule has 7 heteroatoms. The van der Waals surface area contributed by atoms with Crippen LogP contribution in [-0.4, -0.2) is 40.4 Å². The van der Waals surface area contributed by atoms with Crippen molar-refractivity contribution in [2.45, 2.75) is 11.8 Å². The summed E-state index contributed by atoms with van der Waals surface area (Å²) in [6.07, 6.45) is 0. The Kier molecular flexibility index (Phi) is 7.01. The zero-order chi connectivity index (χ0) is 25.8. The van der Waals surface area contributed by atoms with Gasteiger partial charge in [0.25, 0.3) is 0 Å². The lowest BCUT2D eigenvalue weighted by Gasteiger charge is -2.25. The topological polar surface area (TPSA) is 116 Å². The first kappa shape index (κ1) is 24.5. The highest BCUT2D eigenvalue weighted by atomic mass is 16.5. The number of hydrogen-bond acceptors (Lipinski definition) is 7. The molecule has 0 bridgehead atoms. The SMILES string of the molecule is COc1ccc(C(C(=O)C(c2ccc(OC)cc2)c2ccc(O)cc2O)c2ccc(O)cc2O)cc1. The zero-order valence-corrected chi connectivity index (χ0v) is 19.8. The number of methoxy groups -OCH3 is 2. The minimum atomic E-state index is -0.961. The highest BCUT2D eigenvalue weighted by Crippen LogP contribution is 2.42. The number of carbonyl (C=O) groups is 1. The maximum absolute atomic E-state index is 14.4. The molecule has 184 valence electrons. The first-order valence-electron chi connectivity index (χ1n) is 11.2. The van der Waals surface area contributed by atoms with Gasteiger partial charge < -0.3 is 29.9 Å². The number of carbonyl (C=O) groups excluding carboxylic acids is 1. The van der Waals surface area contributed by atoms with Crippen LogP contribution >= 0.6 is 0 Å². The maximum Gasteiger partial charge on any atom is 0.156 e. The number of hydrogen-bond donors (Lipinski definition) is 4. The summed E-state index contributed by atoms with van der Waals surface area (Å²) in [5.74, 6) is -1.83. The van der Waals surface area contributed by atoms with E-state index in [0.717, 1.165) is 0 Å². The maximum atomic E-state index is 14.4. The first-order chi connectivity index (χ1) is 17.3. The Balaban J connectivity index is 1.92. The van der Waals surface area contributed by atoms with Crippen LogP contribution in [0.5, 0.6) is 34.5 Å². The minimum Gasteiger partial charge on any atom is -0.508 e. The van der Waals surface area contributed by atoms with Crippen molar-refractivity contribution < 1.29 is 34.7 Å². The van der Waals surface area contributed by atoms with E-state index in [-0.39, 0.29) is 28.8 Å². The normalized spacial score (nSPS) is 12.5. The van der Waals surface area contributed by atoms with Crippen molar-refractivity contribution in [3.8, 4) is 34.5 Å². The van der Waals surface area contributed by atoms with Crippen LogP contribution in [0.4, 0.5) is 0 Å². The molecular formula is C29H26O7. The van der Waals surface area contributed by atoms with Gasteiger partial charge in [-0.15, -0.1) is 0 Å². The van der Waals surface area contributed by atoms with Crippen LogP contribution < -0.4 is 9.47 Å². The Morgan fingerprint density at radius 2 is 0.944 bits per heavy atom. The van der Waals surface area contributed by atoms with Crippen LogP contribution in [0.15, 0.2) is 84.9 Å². The van der Waals surface area contributed by atoms with Gasteiger partial charge in [0.05, 0.1) is 26.1 Å². The number of aromatic hydroxyl groups is 4. The van der Waals surface area contributed by atoms with Crippen molar-refractivity contribution in [2.24, 2.45) is 0 Å². The average Bonchev–Trinajstić information content (AvgIpc) is 2.87. The van der Waals surface area contributed by atoms with Crippen LogP contribution in [0, 0.1) is 0 Å². The Morgan fingerprint density at radius 3 is 1.25 bits per heavy atom. The summed E-state index contributed by atoms with van der Waals surface area (Å²) < 4.78 is 10.5. The van der Waals surface area contributed by atoms with Crippen LogP contribution in [0.2, 0.25) is 0 Å². The number of Topliss-reactive ketones (excluding diaryl/α,β-unsaturated/α-hetero) is 1. The second kappa shape index (κ2) is 10.3. The average molecular weight is 487 g/mol. The monoisotopic (exact) mass is 486 g/mol. The van der Waals surface area contributed by atoms with E-state index in [1.54, 1.807) is 48.5 Å². The predicted octanol–water partition coefficient (Wildman–Crippen LogP) is 5.06. The highest BCUT2D eigenvalue weighted by molar-refractivity contribution is 5.98. The summed E-state index contributed by atoms with van der Waals surface area (Å²) in [6.45, 7) is 0. The van der Waals surface area contributed by atoms with Gasteiger partial charge in [0.2, 0.25) is 0 Å². The molecule has 7 nitrogen and oxygen atoms in total. The molecule has 0 fully saturated rings. The van der Waals surface area contributed by atoms with E-state index in [0.29, 0.717) is 33.8 Å². The lowest BCUT2D eigenvalue weighted by atomic mass is 9.76. The molecule has 0 aromatic heterocycles. The number of rotatable bonds is 8. The largest absolute Gasteiger partial charge is 0.508 e. The number of phenols is 4. The molecule has 4 N–H and O–H groups in total. The van der Waals surface area contributed by atoms with E-state index in [9.17, 15) is 25.2 Å². The Hall–Kier alpha value is -4.65. The van der Waals surface area contributed by atoms with E-state index in [4.69, 9.17) is 9.47 Å². The molecule has 0 saturated heterocycles. The van der Waals surface area contributed by atoms with Crippen molar-refractivity contribution in [1.82, 2.24) is 0 Å². The molecule has 0 amide bonds. The smallest absolute Gasteiger partial charge is 0.156 e. The van der Waals surface area contributed by atoms with Gasteiger partial charge in [0, 0.05) is 23.3 Å². The third kappa shape index (κ3) is 4.90. The molecule has 0 radical (unpaired) electrons. The molecule has 2 unspecified atom stereocenters. The third-order valence-electron chi connectivity index (χ3n) is 6.12. The second-order valence-corrected chi connectivity index (χ2v) is 8.30. The van der Waals surface area contributed by atoms with Crippen LogP contribution in [0.25, 0.3) is 0 Å². The molecule has 0 spiro atoms. The second-order valence-electron chi connectivity index (χ2n) is 8.30. The van der Waals surface area contributed by atoms with Crippen LogP contribution in [0.1, 0.15) is 34.1 Å². The fourth-order valence-corrected chi connectivity index (χ4v) is 4.31. The summed E-state index contributed by atoms with van der Waals surface area (Å²) in [5.41, 5.74) is 1.75. The summed E-state index contributed by atoms with van der Waals surface area (Å²) in [4.78, 5) is 14.4. The fourth-order valence-electron chi connectivity index (χ4n) is 4.31. The van der Waals surface area contributed by atoms with Gasteiger partial charge in [-0.05, 0) is 47.5 Å². The van der Waals surface area contributed by atoms with Gasteiger partial charge in [-0.1, -0.05) is 36.4 Å². The molecule has 2 atom stereocenters. The molecular weight excluding hydrogens is 460 g/mol. The highest BCUT2D eigenvalue weighted by Gasteiger charge is 2.35. The first-order valence-corrected chi connectivity index (χ1v) is 11.2. The fraction of sp³-hybridized carbons (Fsp3) is 0.138. The Morgan fingerprint density at radius 1 is 0.583 bits per heavy atom. The third-order valence-corrected chi connectivity index (χ3v) is 6.12. The predicted molar refractivity (Wildman–Crippen MR) is 134 cm³/mol. The molecule has 0 aliphatic carbocycles. The van der Waals surface area contributed by atoms with Crippen molar-refractivity contribution in [2.75, 3.05) is 14.2 Å². The molecule has 0 heterocycles. The number of ether oxygens (including phenoxy) is 2. The van der Waals surface area contributed by atoms with Crippen molar-refractivity contribution in [3.63, 3.8) is 0 Å². The van der Waals surface area contributed by atoms with Crippen LogP contribution in [0.3, 0.4) is 0 Å². The standard InChI is InChI=1S/C29H26O7/c1-35-21-9-3-17(4-10-21)27(23-13-7-19(30)15-25(23)32)29(34)28(18-5-11-22(36-2)12-6-18)24-14-8-20(31)16-26(24)33/h3-16,27-28,30-33H,1-2H3. The van der Waals surface area contributed by atoms with Crippen LogP contribution in [-0.2, 0) is 4.79 Å². The molecule has 0 aliphatic rings. The molecule has 0 aliphatic heterocycles. The summed E-state index contributed by atoms with van der Waals surface area (Å²) in [6, 6.07) is 22.0. The number of phenolic OH excluding ortho intramolecular Hbond substituents is 4. The van der Waals surface area contributed by atoms with E-state index in [2.05, 4.69) is 0 Å². The minimum absolute atomic E-state index is 0.139. The number of ketones is 1. The number of benzene rings is 4. The van der Waals surface area contributed by atoms with Gasteiger partial charge in [-0.2, -0.15) is 0 Å². The van der Waals surface area contributed by atoms with E-state index < -0.39 is 11.8 Å². The zero-order valence-electron chi connectivity index (χ0n) is 19.8. The lowest BCUT2D eigenvalue weighted by molar-refractivity contribution is -0.120. The molecule has 4 aromatic carbocycles. The van der Waals surface area contributed by atoms with Gasteiger partial charge in [0.1, 0.15) is 34.5 Å². The van der Waals surface area contributed by atoms with E-state index in [1.165, 1.54) is 50.6 Å². The van der Waals surface area contributed by atoms with E-state index >= 15 is 0 Å². The van der Waals surface area contributed by atoms with Crippen molar-refractivity contribution in [1.29, 1.82) is 0 Å². The molecule has 4 aromatic rings. The summed E-state index contributed by atoms with van der Waals surface area (Å²) in [5, 5.41) is 41.1. The van der Waals surface area contributed by atoms with Crippen molar-refractivity contribution in [3.05, 3.63) is 107 Å². The molecule has 0 saturated carbocycles.